The van der Waals surface area contributed by atoms with Gasteiger partial charge in [0.2, 0.25) is 0 Å². The molecule has 0 spiro atoms. The molecule has 0 bridgehead atoms. The zero-order valence-electron chi connectivity index (χ0n) is 17.2. The Bertz CT molecular complexity index is 981. The van der Waals surface area contributed by atoms with Gasteiger partial charge in [-0.05, 0) is 29.8 Å². The van der Waals surface area contributed by atoms with Gasteiger partial charge in [0.05, 0.1) is 11.8 Å². The van der Waals surface area contributed by atoms with Crippen LogP contribution in [0.2, 0.25) is 0 Å². The highest BCUT2D eigenvalue weighted by Gasteiger charge is 2.18. The Balaban J connectivity index is 1.97. The summed E-state index contributed by atoms with van der Waals surface area (Å²) in [6.07, 6.45) is 6.95. The number of benzene rings is 1. The third kappa shape index (κ3) is 6.02. The molecule has 0 saturated carbocycles. The minimum atomic E-state index is -2.42. The van der Waals surface area contributed by atoms with Crippen LogP contribution in [0.25, 0.3) is 0 Å². The number of nitrogens with one attached hydrogen (secondary N) is 1. The number of carbonyl (C=O) groups is 1. The van der Waals surface area contributed by atoms with Crippen molar-refractivity contribution in [3.63, 3.8) is 0 Å². The van der Waals surface area contributed by atoms with Crippen molar-refractivity contribution in [1.29, 1.82) is 0 Å². The number of rotatable bonds is 7. The Morgan fingerprint density at radius 1 is 1.40 bits per heavy atom. The van der Waals surface area contributed by atoms with E-state index in [4.69, 9.17) is 15.7 Å². The molecule has 160 valence electrons. The summed E-state index contributed by atoms with van der Waals surface area (Å²) in [5, 5.41) is 2.61. The molecule has 0 radical (unpaired) electrons. The first-order valence-corrected chi connectivity index (χ1v) is 10.1. The van der Waals surface area contributed by atoms with Gasteiger partial charge < -0.3 is 10.1 Å². The summed E-state index contributed by atoms with van der Waals surface area (Å²) in [6, 6.07) is 6.21. The summed E-state index contributed by atoms with van der Waals surface area (Å²) in [4.78, 5) is 16.4. The molecule has 1 unspecified atom stereocenters. The fourth-order valence-corrected chi connectivity index (χ4v) is 2.92. The van der Waals surface area contributed by atoms with Crippen LogP contribution in [0, 0.1) is 18.2 Å². The van der Waals surface area contributed by atoms with Crippen LogP contribution in [0.15, 0.2) is 30.5 Å². The van der Waals surface area contributed by atoms with Gasteiger partial charge in [0.25, 0.3) is 17.2 Å². The molecule has 1 aromatic heterocycles. The first-order valence-electron chi connectivity index (χ1n) is 9.02. The summed E-state index contributed by atoms with van der Waals surface area (Å²) in [5.41, 5.74) is 1.17. The van der Waals surface area contributed by atoms with Gasteiger partial charge in [-0.1, -0.05) is 26.7 Å². The van der Waals surface area contributed by atoms with Crippen LogP contribution in [-0.4, -0.2) is 33.3 Å². The van der Waals surface area contributed by atoms with Crippen molar-refractivity contribution in [2.24, 2.45) is 0 Å². The maximum Gasteiger partial charge on any atom is 0.261 e. The van der Waals surface area contributed by atoms with Crippen molar-refractivity contribution in [1.82, 2.24) is 10.3 Å². The van der Waals surface area contributed by atoms with E-state index >= 15 is 0 Å². The van der Waals surface area contributed by atoms with E-state index in [-0.39, 0.29) is 29.8 Å². The molecule has 2 rings (SSSR count). The predicted molar refractivity (Wildman–Crippen MR) is 114 cm³/mol. The van der Waals surface area contributed by atoms with Crippen molar-refractivity contribution in [3.8, 4) is 18.1 Å². The summed E-state index contributed by atoms with van der Waals surface area (Å²) >= 11 is -2.42. The molecule has 0 aliphatic carbocycles. The number of carbonyl (C=O) groups excluding carboxylic acids is 1. The Morgan fingerprint density at radius 2 is 2.10 bits per heavy atom. The normalized spacial score (nSPS) is 12.0. The molecule has 0 aliphatic rings. The second-order valence-electron chi connectivity index (χ2n) is 7.54. The smallest absolute Gasteiger partial charge is 0.261 e. The number of halogens is 1. The van der Waals surface area contributed by atoms with Crippen LogP contribution >= 0.6 is 0 Å². The number of amides is 1. The topological polar surface area (TPSA) is 91.8 Å². The monoisotopic (exact) mass is 433 g/mol. The second kappa shape index (κ2) is 9.69. The SMILES string of the molecule is C#Cc1cc(CNC(=O)COc2ccc(C(C)(C)C)nc2)cc(F)c1N(C)S(=O)O. The Kier molecular flexibility index (Phi) is 7.54. The largest absolute Gasteiger partial charge is 0.482 e. The second-order valence-corrected chi connectivity index (χ2v) is 8.55. The number of terminal acetylenes is 1. The van der Waals surface area contributed by atoms with Crippen molar-refractivity contribution in [3.05, 3.63) is 53.1 Å². The molecular formula is C21H24FN3O4S. The van der Waals surface area contributed by atoms with Gasteiger partial charge in [-0.15, -0.1) is 6.42 Å². The molecule has 0 fully saturated rings. The lowest BCUT2D eigenvalue weighted by Gasteiger charge is -2.18. The summed E-state index contributed by atoms with van der Waals surface area (Å²) in [6.45, 7) is 5.93. The van der Waals surface area contributed by atoms with Crippen molar-refractivity contribution < 1.29 is 22.7 Å². The quantitative estimate of drug-likeness (QED) is 0.518. The van der Waals surface area contributed by atoms with Crippen LogP contribution in [0.4, 0.5) is 10.1 Å². The third-order valence-electron chi connectivity index (χ3n) is 4.19. The lowest BCUT2D eigenvalue weighted by molar-refractivity contribution is -0.123. The molecular weight excluding hydrogens is 409 g/mol. The number of hydrogen-bond donors (Lipinski definition) is 2. The minimum absolute atomic E-state index is 0.0151. The summed E-state index contributed by atoms with van der Waals surface area (Å²) in [7, 11) is 1.25. The van der Waals surface area contributed by atoms with Crippen molar-refractivity contribution >= 4 is 22.9 Å². The first-order chi connectivity index (χ1) is 14.0. The zero-order valence-corrected chi connectivity index (χ0v) is 18.0. The number of anilines is 1. The van der Waals surface area contributed by atoms with Gasteiger partial charge in [0, 0.05) is 24.7 Å². The van der Waals surface area contributed by atoms with Gasteiger partial charge in [0.15, 0.2) is 6.61 Å². The first kappa shape index (κ1) is 23.3. The summed E-state index contributed by atoms with van der Waals surface area (Å²) < 4.78 is 41.0. The zero-order chi connectivity index (χ0) is 22.5. The maximum absolute atomic E-state index is 14.4. The molecule has 1 atom stereocenters. The van der Waals surface area contributed by atoms with Gasteiger partial charge in [0.1, 0.15) is 17.3 Å². The third-order valence-corrected chi connectivity index (χ3v) is 4.84. The van der Waals surface area contributed by atoms with E-state index in [1.807, 2.05) is 26.8 Å². The molecule has 7 nitrogen and oxygen atoms in total. The minimum Gasteiger partial charge on any atom is -0.482 e. The van der Waals surface area contributed by atoms with E-state index in [2.05, 4.69) is 16.2 Å². The van der Waals surface area contributed by atoms with Gasteiger partial charge in [-0.25, -0.2) is 8.60 Å². The van der Waals surface area contributed by atoms with Gasteiger partial charge in [-0.2, -0.15) is 0 Å². The Hall–Kier alpha value is -2.96. The lowest BCUT2D eigenvalue weighted by Crippen LogP contribution is -2.28. The van der Waals surface area contributed by atoms with Crippen LogP contribution in [0.3, 0.4) is 0 Å². The average molecular weight is 434 g/mol. The number of aromatic nitrogens is 1. The van der Waals surface area contributed by atoms with E-state index in [1.165, 1.54) is 13.1 Å². The molecule has 1 amide bonds. The van der Waals surface area contributed by atoms with E-state index < -0.39 is 23.0 Å². The Morgan fingerprint density at radius 3 is 2.63 bits per heavy atom. The number of ether oxygens (including phenoxy) is 1. The highest BCUT2D eigenvalue weighted by atomic mass is 32.2. The van der Waals surface area contributed by atoms with Crippen molar-refractivity contribution in [2.45, 2.75) is 32.7 Å². The van der Waals surface area contributed by atoms with Crippen LogP contribution in [-0.2, 0) is 28.0 Å². The lowest BCUT2D eigenvalue weighted by atomic mass is 9.92. The highest BCUT2D eigenvalue weighted by Crippen LogP contribution is 2.26. The van der Waals surface area contributed by atoms with E-state index in [0.717, 1.165) is 16.1 Å². The fourth-order valence-electron chi connectivity index (χ4n) is 2.58. The van der Waals surface area contributed by atoms with E-state index in [0.29, 0.717) is 11.3 Å². The highest BCUT2D eigenvalue weighted by molar-refractivity contribution is 7.80. The van der Waals surface area contributed by atoms with Crippen molar-refractivity contribution in [2.75, 3.05) is 18.0 Å². The molecule has 2 N–H and O–H groups in total. The number of pyridine rings is 1. The van der Waals surface area contributed by atoms with E-state index in [9.17, 15) is 13.4 Å². The molecule has 1 heterocycles. The van der Waals surface area contributed by atoms with E-state index in [1.54, 1.807) is 12.3 Å². The molecule has 30 heavy (non-hydrogen) atoms. The Labute approximate surface area is 178 Å². The molecule has 9 heteroatoms. The van der Waals surface area contributed by atoms with Gasteiger partial charge in [-0.3, -0.25) is 18.6 Å². The van der Waals surface area contributed by atoms with Crippen LogP contribution in [0.1, 0.15) is 37.6 Å². The molecule has 2 aromatic rings. The predicted octanol–water partition coefficient (Wildman–Crippen LogP) is 2.77. The van der Waals surface area contributed by atoms with Crippen LogP contribution in [0.5, 0.6) is 5.75 Å². The standard InChI is InChI=1S/C21H24FN3O4S/c1-6-15-9-14(10-17(22)20(15)25(5)30(27)28)11-24-19(26)13-29-16-7-8-18(23-12-16)21(2,3)4/h1,7-10,12H,11,13H2,2-5H3,(H,24,26)(H,27,28). The maximum atomic E-state index is 14.4. The number of hydrogen-bond acceptors (Lipinski definition) is 4. The molecule has 0 saturated heterocycles. The molecule has 1 aromatic carbocycles. The molecule has 0 aliphatic heterocycles. The number of nitrogens with zero attached hydrogens (tertiary/aromatic N) is 2. The fraction of sp³-hybridized carbons (Fsp3) is 0.333. The van der Waals surface area contributed by atoms with Gasteiger partial charge >= 0.3 is 0 Å². The summed E-state index contributed by atoms with van der Waals surface area (Å²) in [5.74, 6) is 1.58. The van der Waals surface area contributed by atoms with Crippen LogP contribution < -0.4 is 14.4 Å². The average Bonchev–Trinajstić information content (AvgIpc) is 2.69.